The molecule has 0 unspecified atom stereocenters. The van der Waals surface area contributed by atoms with E-state index in [1.54, 1.807) is 18.2 Å². The lowest BCUT2D eigenvalue weighted by Gasteiger charge is -2.08. The second-order valence-electron chi connectivity index (χ2n) is 3.37. The minimum Gasteiger partial charge on any atom is -0.354 e. The molecular formula is C10H10Cl2N4O. The maximum Gasteiger partial charge on any atom is 0.325 e. The lowest BCUT2D eigenvalue weighted by molar-refractivity contribution is 0.256. The normalized spacial score (nSPS) is 13.9. The predicted octanol–water partition coefficient (Wildman–Crippen LogP) is 2.07. The summed E-state index contributed by atoms with van der Waals surface area (Å²) in [6.07, 6.45) is 0. The first-order chi connectivity index (χ1) is 8.15. The number of nitrogens with zero attached hydrogens (tertiary/aromatic N) is 1. The number of urea groups is 1. The van der Waals surface area contributed by atoms with Gasteiger partial charge in [-0.15, -0.1) is 0 Å². The summed E-state index contributed by atoms with van der Waals surface area (Å²) < 4.78 is 0. The van der Waals surface area contributed by atoms with Crippen molar-refractivity contribution in [2.45, 2.75) is 0 Å². The van der Waals surface area contributed by atoms with Crippen molar-refractivity contribution in [3.05, 3.63) is 28.2 Å². The average molecular weight is 273 g/mol. The molecule has 0 atom stereocenters. The minimum atomic E-state index is -0.378. The van der Waals surface area contributed by atoms with Gasteiger partial charge in [0.2, 0.25) is 0 Å². The number of hydrogen-bond acceptors (Lipinski definition) is 3. The van der Waals surface area contributed by atoms with Crippen molar-refractivity contribution in [3.63, 3.8) is 0 Å². The molecule has 1 aromatic rings. The molecule has 0 fully saturated rings. The second-order valence-corrected chi connectivity index (χ2v) is 4.18. The number of anilines is 1. The van der Waals surface area contributed by atoms with Gasteiger partial charge >= 0.3 is 6.03 Å². The Labute approximate surface area is 108 Å². The third-order valence-corrected chi connectivity index (χ3v) is 2.82. The van der Waals surface area contributed by atoms with Gasteiger partial charge in [-0.1, -0.05) is 23.2 Å². The van der Waals surface area contributed by atoms with E-state index in [9.17, 15) is 4.79 Å². The molecule has 0 saturated heterocycles. The van der Waals surface area contributed by atoms with E-state index in [0.717, 1.165) is 6.54 Å². The quantitative estimate of drug-likeness (QED) is 0.733. The number of carbonyl (C=O) groups is 1. The number of nitrogens with one attached hydrogen (secondary N) is 3. The molecule has 90 valence electrons. The van der Waals surface area contributed by atoms with Crippen molar-refractivity contribution in [3.8, 4) is 0 Å². The van der Waals surface area contributed by atoms with Crippen LogP contribution in [0.3, 0.4) is 0 Å². The molecule has 2 rings (SSSR count). The average Bonchev–Trinajstić information content (AvgIpc) is 2.76. The van der Waals surface area contributed by atoms with Gasteiger partial charge in [0.05, 0.1) is 16.6 Å². The summed E-state index contributed by atoms with van der Waals surface area (Å²) in [6.45, 7) is 1.41. The van der Waals surface area contributed by atoms with E-state index in [0.29, 0.717) is 28.2 Å². The van der Waals surface area contributed by atoms with E-state index in [-0.39, 0.29) is 6.03 Å². The topological polar surface area (TPSA) is 65.5 Å². The highest BCUT2D eigenvalue weighted by atomic mass is 35.5. The number of rotatable bonds is 1. The minimum absolute atomic E-state index is 0.378. The van der Waals surface area contributed by atoms with Crippen LogP contribution in [0.15, 0.2) is 23.2 Å². The lowest BCUT2D eigenvalue weighted by atomic mass is 10.3. The summed E-state index contributed by atoms with van der Waals surface area (Å²) >= 11 is 11.6. The van der Waals surface area contributed by atoms with E-state index < -0.39 is 0 Å². The SMILES string of the molecule is O=C(NC1=NCCN1)Nc1ccc(Cl)c(Cl)c1. The van der Waals surface area contributed by atoms with Gasteiger partial charge in [-0.3, -0.25) is 10.3 Å². The Kier molecular flexibility index (Phi) is 3.71. The molecule has 0 saturated carbocycles. The zero-order chi connectivity index (χ0) is 12.3. The third kappa shape index (κ3) is 3.25. The van der Waals surface area contributed by atoms with Gasteiger partial charge in [0, 0.05) is 12.2 Å². The van der Waals surface area contributed by atoms with Crippen LogP contribution in [0.2, 0.25) is 10.0 Å². The van der Waals surface area contributed by atoms with Gasteiger partial charge in [0.1, 0.15) is 0 Å². The first-order valence-corrected chi connectivity index (χ1v) is 5.72. The van der Waals surface area contributed by atoms with Crippen molar-refractivity contribution in [2.24, 2.45) is 4.99 Å². The van der Waals surface area contributed by atoms with Gasteiger partial charge in [-0.25, -0.2) is 4.79 Å². The Morgan fingerprint density at radius 3 is 2.76 bits per heavy atom. The molecule has 0 spiro atoms. The van der Waals surface area contributed by atoms with Crippen LogP contribution in [0.25, 0.3) is 0 Å². The highest BCUT2D eigenvalue weighted by molar-refractivity contribution is 6.42. The van der Waals surface area contributed by atoms with Crippen LogP contribution in [0.4, 0.5) is 10.5 Å². The molecule has 5 nitrogen and oxygen atoms in total. The predicted molar refractivity (Wildman–Crippen MR) is 68.9 cm³/mol. The molecule has 1 aliphatic rings. The van der Waals surface area contributed by atoms with Crippen molar-refractivity contribution in [2.75, 3.05) is 18.4 Å². The van der Waals surface area contributed by atoms with Gasteiger partial charge in [-0.2, -0.15) is 0 Å². The molecule has 2 amide bonds. The first kappa shape index (κ1) is 12.0. The van der Waals surface area contributed by atoms with Gasteiger partial charge in [0.25, 0.3) is 0 Å². The monoisotopic (exact) mass is 272 g/mol. The Balaban J connectivity index is 1.95. The summed E-state index contributed by atoms with van der Waals surface area (Å²) in [6, 6.07) is 4.48. The molecule has 3 N–H and O–H groups in total. The molecular weight excluding hydrogens is 263 g/mol. The van der Waals surface area contributed by atoms with Crippen LogP contribution in [-0.4, -0.2) is 25.1 Å². The van der Waals surface area contributed by atoms with E-state index >= 15 is 0 Å². The van der Waals surface area contributed by atoms with Crippen molar-refractivity contribution < 1.29 is 4.79 Å². The summed E-state index contributed by atoms with van der Waals surface area (Å²) in [7, 11) is 0. The Bertz CT molecular complexity index is 475. The number of carbonyl (C=O) groups excluding carboxylic acids is 1. The van der Waals surface area contributed by atoms with Crippen LogP contribution in [0, 0.1) is 0 Å². The van der Waals surface area contributed by atoms with Gasteiger partial charge in [-0.05, 0) is 18.2 Å². The van der Waals surface area contributed by atoms with Gasteiger partial charge < -0.3 is 10.6 Å². The molecule has 1 aromatic carbocycles. The van der Waals surface area contributed by atoms with Crippen molar-refractivity contribution in [1.82, 2.24) is 10.6 Å². The highest BCUT2D eigenvalue weighted by Gasteiger charge is 2.09. The summed E-state index contributed by atoms with van der Waals surface area (Å²) in [4.78, 5) is 15.6. The van der Waals surface area contributed by atoms with Crippen molar-refractivity contribution >= 4 is 40.9 Å². The maximum absolute atomic E-state index is 11.5. The summed E-state index contributed by atoms with van der Waals surface area (Å²) in [5.41, 5.74) is 0.565. The smallest absolute Gasteiger partial charge is 0.325 e. The number of guanidine groups is 1. The second kappa shape index (κ2) is 5.25. The molecule has 7 heteroatoms. The zero-order valence-corrected chi connectivity index (χ0v) is 10.3. The number of hydrogen-bond donors (Lipinski definition) is 3. The maximum atomic E-state index is 11.5. The van der Waals surface area contributed by atoms with E-state index in [4.69, 9.17) is 23.2 Å². The molecule has 1 heterocycles. The molecule has 0 bridgehead atoms. The Morgan fingerprint density at radius 1 is 1.29 bits per heavy atom. The van der Waals surface area contributed by atoms with Crippen LogP contribution in [-0.2, 0) is 0 Å². The first-order valence-electron chi connectivity index (χ1n) is 4.96. The highest BCUT2D eigenvalue weighted by Crippen LogP contribution is 2.24. The molecule has 0 radical (unpaired) electrons. The van der Waals surface area contributed by atoms with E-state index in [2.05, 4.69) is 20.9 Å². The molecule has 17 heavy (non-hydrogen) atoms. The Hall–Kier alpha value is -1.46. The molecule has 0 aromatic heterocycles. The number of amides is 2. The van der Waals surface area contributed by atoms with E-state index in [1.807, 2.05) is 0 Å². The van der Waals surface area contributed by atoms with Crippen LogP contribution >= 0.6 is 23.2 Å². The lowest BCUT2D eigenvalue weighted by Crippen LogP contribution is -2.40. The molecule has 1 aliphatic heterocycles. The van der Waals surface area contributed by atoms with Gasteiger partial charge in [0.15, 0.2) is 5.96 Å². The van der Waals surface area contributed by atoms with E-state index in [1.165, 1.54) is 0 Å². The standard InChI is InChI=1S/C10H10Cl2N4O/c11-7-2-1-6(5-8(7)12)15-10(17)16-9-13-3-4-14-9/h1-2,5H,3-4H2,(H3,13,14,15,16,17). The molecule has 0 aliphatic carbocycles. The van der Waals surface area contributed by atoms with Crippen LogP contribution in [0.1, 0.15) is 0 Å². The largest absolute Gasteiger partial charge is 0.354 e. The summed E-state index contributed by atoms with van der Waals surface area (Å²) in [5.74, 6) is 0.475. The number of benzene rings is 1. The van der Waals surface area contributed by atoms with Crippen molar-refractivity contribution in [1.29, 1.82) is 0 Å². The van der Waals surface area contributed by atoms with Crippen LogP contribution < -0.4 is 16.0 Å². The summed E-state index contributed by atoms with van der Waals surface area (Å²) in [5, 5.41) is 8.96. The fourth-order valence-electron chi connectivity index (χ4n) is 1.33. The number of aliphatic imine (C=N–C) groups is 1. The van der Waals surface area contributed by atoms with Crippen LogP contribution in [0.5, 0.6) is 0 Å². The third-order valence-electron chi connectivity index (χ3n) is 2.08. The zero-order valence-electron chi connectivity index (χ0n) is 8.76. The Morgan fingerprint density at radius 2 is 2.12 bits per heavy atom. The fraction of sp³-hybridized carbons (Fsp3) is 0.200. The fourth-order valence-corrected chi connectivity index (χ4v) is 1.62. The number of halogens is 2.